The Bertz CT molecular complexity index is 675. The van der Waals surface area contributed by atoms with Crippen LogP contribution in [0.2, 0.25) is 5.02 Å². The maximum Gasteiger partial charge on any atom is 0.229 e. The molecule has 1 aromatic heterocycles. The smallest absolute Gasteiger partial charge is 0.229 e. The third kappa shape index (κ3) is 3.63. The Hall–Kier alpha value is -1.50. The maximum atomic E-state index is 12.3. The Morgan fingerprint density at radius 3 is 3.09 bits per heavy atom. The van der Waals surface area contributed by atoms with Gasteiger partial charge in [-0.2, -0.15) is 0 Å². The minimum absolute atomic E-state index is 0.0298. The van der Waals surface area contributed by atoms with Gasteiger partial charge in [-0.3, -0.25) is 4.79 Å². The molecule has 1 amide bonds. The van der Waals surface area contributed by atoms with Crippen LogP contribution < -0.4 is 10.6 Å². The number of halogens is 1. The molecular weight excluding hydrogens is 320 g/mol. The molecule has 0 radical (unpaired) electrons. The summed E-state index contributed by atoms with van der Waals surface area (Å²) in [6, 6.07) is 7.82. The van der Waals surface area contributed by atoms with Crippen molar-refractivity contribution in [2.24, 2.45) is 5.92 Å². The Morgan fingerprint density at radius 2 is 2.32 bits per heavy atom. The molecule has 7 heteroatoms. The topological polar surface area (TPSA) is 66.9 Å². The number of hydrogen-bond donors (Lipinski definition) is 2. The molecule has 1 fully saturated rings. The molecule has 1 aromatic carbocycles. The summed E-state index contributed by atoms with van der Waals surface area (Å²) in [7, 11) is 0. The summed E-state index contributed by atoms with van der Waals surface area (Å²) in [6.45, 7) is 2.98. The lowest BCUT2D eigenvalue weighted by Gasteiger charge is -2.26. The van der Waals surface area contributed by atoms with Gasteiger partial charge in [-0.15, -0.1) is 10.2 Å². The van der Waals surface area contributed by atoms with Gasteiger partial charge in [-0.1, -0.05) is 35.1 Å². The number of aromatic nitrogens is 2. The van der Waals surface area contributed by atoms with Gasteiger partial charge in [-0.25, -0.2) is 0 Å². The van der Waals surface area contributed by atoms with Gasteiger partial charge in [0.15, 0.2) is 0 Å². The standard InChI is InChI=1S/C15H17ClN4OS/c1-9-7-10(5-6-17-9)13(21)18-15-20-19-14(22-15)11-3-2-4-12(16)8-11/h2-4,8-10,17H,5-7H2,1H3,(H,18,20,21)/t9-,10-/m0/s1. The summed E-state index contributed by atoms with van der Waals surface area (Å²) in [5, 5.41) is 16.3. The minimum atomic E-state index is 0.0298. The SMILES string of the molecule is C[C@H]1C[C@@H](C(=O)Nc2nnc(-c3cccc(Cl)c3)s2)CCN1. The predicted octanol–water partition coefficient (Wildman–Crippen LogP) is 3.19. The number of anilines is 1. The quantitative estimate of drug-likeness (QED) is 0.903. The second-order valence-corrected chi connectivity index (χ2v) is 6.90. The molecule has 0 aliphatic carbocycles. The van der Waals surface area contributed by atoms with E-state index in [1.54, 1.807) is 0 Å². The van der Waals surface area contributed by atoms with E-state index in [0.29, 0.717) is 16.2 Å². The number of benzene rings is 1. The number of amides is 1. The van der Waals surface area contributed by atoms with E-state index in [2.05, 4.69) is 27.8 Å². The van der Waals surface area contributed by atoms with Crippen LogP contribution in [0.1, 0.15) is 19.8 Å². The molecule has 0 bridgehead atoms. The highest BCUT2D eigenvalue weighted by molar-refractivity contribution is 7.18. The molecule has 22 heavy (non-hydrogen) atoms. The maximum absolute atomic E-state index is 12.3. The van der Waals surface area contributed by atoms with Crippen molar-refractivity contribution in [2.75, 3.05) is 11.9 Å². The molecule has 1 aliphatic heterocycles. The van der Waals surface area contributed by atoms with E-state index in [4.69, 9.17) is 11.6 Å². The summed E-state index contributed by atoms with van der Waals surface area (Å²) in [4.78, 5) is 12.3. The number of rotatable bonds is 3. The van der Waals surface area contributed by atoms with E-state index < -0.39 is 0 Å². The van der Waals surface area contributed by atoms with E-state index in [-0.39, 0.29) is 11.8 Å². The van der Waals surface area contributed by atoms with Gasteiger partial charge in [0.2, 0.25) is 11.0 Å². The lowest BCUT2D eigenvalue weighted by Crippen LogP contribution is -2.40. The van der Waals surface area contributed by atoms with Crippen LogP contribution in [-0.4, -0.2) is 28.7 Å². The summed E-state index contributed by atoms with van der Waals surface area (Å²) in [5.74, 6) is 0.0666. The molecule has 0 saturated carbocycles. The first-order chi connectivity index (χ1) is 10.6. The van der Waals surface area contributed by atoms with Crippen molar-refractivity contribution in [3.8, 4) is 10.6 Å². The van der Waals surface area contributed by atoms with Gasteiger partial charge >= 0.3 is 0 Å². The Morgan fingerprint density at radius 1 is 1.45 bits per heavy atom. The van der Waals surface area contributed by atoms with Crippen molar-refractivity contribution >= 4 is 34.0 Å². The number of nitrogens with one attached hydrogen (secondary N) is 2. The van der Waals surface area contributed by atoms with E-state index in [9.17, 15) is 4.79 Å². The third-order valence-corrected chi connectivity index (χ3v) is 4.84. The number of piperidine rings is 1. The molecule has 2 N–H and O–H groups in total. The predicted molar refractivity (Wildman–Crippen MR) is 89.2 cm³/mol. The molecule has 5 nitrogen and oxygen atoms in total. The molecular formula is C15H17ClN4OS. The zero-order chi connectivity index (χ0) is 15.5. The van der Waals surface area contributed by atoms with Crippen molar-refractivity contribution in [3.63, 3.8) is 0 Å². The molecule has 1 aliphatic rings. The zero-order valence-corrected chi connectivity index (χ0v) is 13.7. The van der Waals surface area contributed by atoms with E-state index in [0.717, 1.165) is 30.0 Å². The van der Waals surface area contributed by atoms with Gasteiger partial charge < -0.3 is 10.6 Å². The largest absolute Gasteiger partial charge is 0.314 e. The second-order valence-electron chi connectivity index (χ2n) is 5.49. The van der Waals surface area contributed by atoms with Crippen molar-refractivity contribution in [1.82, 2.24) is 15.5 Å². The van der Waals surface area contributed by atoms with Crippen LogP contribution in [0, 0.1) is 5.92 Å². The van der Waals surface area contributed by atoms with Crippen LogP contribution in [0.4, 0.5) is 5.13 Å². The number of nitrogens with zero attached hydrogens (tertiary/aromatic N) is 2. The van der Waals surface area contributed by atoms with Crippen molar-refractivity contribution in [2.45, 2.75) is 25.8 Å². The average Bonchev–Trinajstić information content (AvgIpc) is 2.96. The number of hydrogen-bond acceptors (Lipinski definition) is 5. The lowest BCUT2D eigenvalue weighted by molar-refractivity contribution is -0.120. The fourth-order valence-electron chi connectivity index (χ4n) is 2.59. The van der Waals surface area contributed by atoms with Crippen molar-refractivity contribution < 1.29 is 4.79 Å². The molecule has 1 saturated heterocycles. The second kappa shape index (κ2) is 6.73. The first-order valence-corrected chi connectivity index (χ1v) is 8.45. The molecule has 0 unspecified atom stereocenters. The number of carbonyl (C=O) groups excluding carboxylic acids is 1. The van der Waals surface area contributed by atoms with Crippen LogP contribution in [-0.2, 0) is 4.79 Å². The molecule has 0 spiro atoms. The van der Waals surface area contributed by atoms with Crippen LogP contribution in [0.3, 0.4) is 0 Å². The first-order valence-electron chi connectivity index (χ1n) is 7.25. The van der Waals surface area contributed by atoms with Crippen molar-refractivity contribution in [3.05, 3.63) is 29.3 Å². The van der Waals surface area contributed by atoms with Crippen LogP contribution in [0.5, 0.6) is 0 Å². The van der Waals surface area contributed by atoms with Gasteiger partial charge in [0.25, 0.3) is 0 Å². The summed E-state index contributed by atoms with van der Waals surface area (Å²) in [6.07, 6.45) is 1.71. The van der Waals surface area contributed by atoms with E-state index in [1.807, 2.05) is 24.3 Å². The van der Waals surface area contributed by atoms with E-state index in [1.165, 1.54) is 11.3 Å². The average molecular weight is 337 g/mol. The van der Waals surface area contributed by atoms with Gasteiger partial charge in [0, 0.05) is 22.5 Å². The fraction of sp³-hybridized carbons (Fsp3) is 0.400. The number of carbonyl (C=O) groups is 1. The van der Waals surface area contributed by atoms with Crippen LogP contribution in [0.15, 0.2) is 24.3 Å². The molecule has 2 heterocycles. The van der Waals surface area contributed by atoms with Crippen LogP contribution in [0.25, 0.3) is 10.6 Å². The third-order valence-electron chi connectivity index (χ3n) is 3.72. The highest BCUT2D eigenvalue weighted by Gasteiger charge is 2.25. The lowest BCUT2D eigenvalue weighted by atomic mass is 9.93. The summed E-state index contributed by atoms with van der Waals surface area (Å²) < 4.78 is 0. The summed E-state index contributed by atoms with van der Waals surface area (Å²) in [5.41, 5.74) is 0.904. The fourth-order valence-corrected chi connectivity index (χ4v) is 3.52. The van der Waals surface area contributed by atoms with Crippen LogP contribution >= 0.6 is 22.9 Å². The molecule has 2 atom stereocenters. The first kappa shape index (κ1) is 15.4. The minimum Gasteiger partial charge on any atom is -0.314 e. The molecule has 116 valence electrons. The van der Waals surface area contributed by atoms with Gasteiger partial charge in [-0.05, 0) is 38.4 Å². The van der Waals surface area contributed by atoms with E-state index >= 15 is 0 Å². The summed E-state index contributed by atoms with van der Waals surface area (Å²) >= 11 is 7.34. The van der Waals surface area contributed by atoms with Gasteiger partial charge in [0.05, 0.1) is 0 Å². The zero-order valence-electron chi connectivity index (χ0n) is 12.2. The monoisotopic (exact) mass is 336 g/mol. The molecule has 3 rings (SSSR count). The Balaban J connectivity index is 1.68. The normalized spacial score (nSPS) is 21.5. The van der Waals surface area contributed by atoms with Gasteiger partial charge in [0.1, 0.15) is 5.01 Å². The Kier molecular flexibility index (Phi) is 4.71. The van der Waals surface area contributed by atoms with Crippen molar-refractivity contribution in [1.29, 1.82) is 0 Å². The highest BCUT2D eigenvalue weighted by Crippen LogP contribution is 2.28. The molecule has 2 aromatic rings. The Labute approximate surface area is 138 Å². The highest BCUT2D eigenvalue weighted by atomic mass is 35.5.